The van der Waals surface area contributed by atoms with Crippen LogP contribution in [0, 0.1) is 0 Å². The molecule has 2 rings (SSSR count). The molecule has 0 saturated heterocycles. The number of hydrogen-bond acceptors (Lipinski definition) is 2. The van der Waals surface area contributed by atoms with Gasteiger partial charge in [-0.15, -0.1) is 0 Å². The summed E-state index contributed by atoms with van der Waals surface area (Å²) in [6, 6.07) is 8.51. The molecule has 0 saturated carbocycles. The topological polar surface area (TPSA) is 29.9 Å². The van der Waals surface area contributed by atoms with Crippen molar-refractivity contribution >= 4 is 15.9 Å². The Morgan fingerprint density at radius 2 is 2.06 bits per heavy atom. The highest BCUT2D eigenvalue weighted by Gasteiger charge is 2.03. The second-order valence-electron chi connectivity index (χ2n) is 4.30. The first-order valence-corrected chi connectivity index (χ1v) is 7.04. The summed E-state index contributed by atoms with van der Waals surface area (Å²) in [7, 11) is 0. The lowest BCUT2D eigenvalue weighted by Crippen LogP contribution is -2.15. The van der Waals surface area contributed by atoms with Crippen LogP contribution in [-0.4, -0.2) is 16.3 Å². The van der Waals surface area contributed by atoms with Gasteiger partial charge in [-0.05, 0) is 40.0 Å². The maximum Gasteiger partial charge on any atom is 0.0662 e. The minimum Gasteiger partial charge on any atom is -0.313 e. The fourth-order valence-electron chi connectivity index (χ4n) is 1.88. The molecule has 0 unspecified atom stereocenters. The van der Waals surface area contributed by atoms with Crippen LogP contribution >= 0.6 is 15.9 Å². The number of rotatable bonds is 6. The van der Waals surface area contributed by atoms with Gasteiger partial charge >= 0.3 is 0 Å². The predicted molar refractivity (Wildman–Crippen MR) is 77.5 cm³/mol. The van der Waals surface area contributed by atoms with Gasteiger partial charge in [-0.3, -0.25) is 4.68 Å². The van der Waals surface area contributed by atoms with E-state index in [0.717, 1.165) is 30.5 Å². The highest BCUT2D eigenvalue weighted by molar-refractivity contribution is 9.10. The summed E-state index contributed by atoms with van der Waals surface area (Å²) in [4.78, 5) is 0. The van der Waals surface area contributed by atoms with Gasteiger partial charge < -0.3 is 5.32 Å². The molecule has 4 heteroatoms. The van der Waals surface area contributed by atoms with Gasteiger partial charge in [-0.25, -0.2) is 0 Å². The smallest absolute Gasteiger partial charge is 0.0662 e. The molecule has 3 nitrogen and oxygen atoms in total. The monoisotopic (exact) mass is 307 g/mol. The first-order chi connectivity index (χ1) is 8.79. The van der Waals surface area contributed by atoms with Crippen LogP contribution in [0.4, 0.5) is 0 Å². The van der Waals surface area contributed by atoms with E-state index in [9.17, 15) is 0 Å². The molecule has 0 atom stereocenters. The SMILES string of the molecule is CCCNCc1ccccc1Cn1cc(Br)cn1. The largest absolute Gasteiger partial charge is 0.313 e. The number of aromatic nitrogens is 2. The minimum atomic E-state index is 0.815. The van der Waals surface area contributed by atoms with Gasteiger partial charge in [0.15, 0.2) is 0 Å². The summed E-state index contributed by atoms with van der Waals surface area (Å²) in [5.74, 6) is 0. The van der Waals surface area contributed by atoms with Gasteiger partial charge in [0.1, 0.15) is 0 Å². The average molecular weight is 308 g/mol. The molecule has 0 amide bonds. The fourth-order valence-corrected chi connectivity index (χ4v) is 2.21. The van der Waals surface area contributed by atoms with Crippen LogP contribution in [0.2, 0.25) is 0 Å². The second-order valence-corrected chi connectivity index (χ2v) is 5.22. The number of benzene rings is 1. The molecule has 0 aliphatic heterocycles. The van der Waals surface area contributed by atoms with Gasteiger partial charge in [0, 0.05) is 12.7 Å². The molecule has 1 aromatic carbocycles. The maximum atomic E-state index is 4.30. The molecule has 0 spiro atoms. The van der Waals surface area contributed by atoms with Crippen molar-refractivity contribution in [3.05, 3.63) is 52.3 Å². The standard InChI is InChI=1S/C14H18BrN3/c1-2-7-16-8-12-5-3-4-6-13(12)10-18-11-14(15)9-17-18/h3-6,9,11,16H,2,7-8,10H2,1H3. The van der Waals surface area contributed by atoms with Gasteiger partial charge in [0.2, 0.25) is 0 Å². The molecule has 0 bridgehead atoms. The van der Waals surface area contributed by atoms with E-state index >= 15 is 0 Å². The first kappa shape index (κ1) is 13.3. The van der Waals surface area contributed by atoms with Crippen LogP contribution in [-0.2, 0) is 13.1 Å². The molecule has 2 aromatic rings. The van der Waals surface area contributed by atoms with Crippen molar-refractivity contribution in [3.8, 4) is 0 Å². The van der Waals surface area contributed by atoms with Crippen molar-refractivity contribution in [1.29, 1.82) is 0 Å². The average Bonchev–Trinajstić information content (AvgIpc) is 2.77. The highest BCUT2D eigenvalue weighted by Crippen LogP contribution is 2.12. The molecule has 18 heavy (non-hydrogen) atoms. The summed E-state index contributed by atoms with van der Waals surface area (Å²) in [5.41, 5.74) is 2.66. The summed E-state index contributed by atoms with van der Waals surface area (Å²) in [6.45, 7) is 4.98. The summed E-state index contributed by atoms with van der Waals surface area (Å²) in [6.07, 6.45) is 4.97. The molecule has 0 fully saturated rings. The van der Waals surface area contributed by atoms with Gasteiger partial charge in [0.05, 0.1) is 17.2 Å². The number of hydrogen-bond donors (Lipinski definition) is 1. The van der Waals surface area contributed by atoms with Crippen LogP contribution in [0.3, 0.4) is 0 Å². The molecule has 96 valence electrons. The fraction of sp³-hybridized carbons (Fsp3) is 0.357. The molecule has 0 radical (unpaired) electrons. The van der Waals surface area contributed by atoms with Crippen molar-refractivity contribution < 1.29 is 0 Å². The lowest BCUT2D eigenvalue weighted by molar-refractivity contribution is 0.649. The highest BCUT2D eigenvalue weighted by atomic mass is 79.9. The third-order valence-electron chi connectivity index (χ3n) is 2.79. The van der Waals surface area contributed by atoms with Gasteiger partial charge in [-0.1, -0.05) is 31.2 Å². The molecule has 1 N–H and O–H groups in total. The Balaban J connectivity index is 2.07. The van der Waals surface area contributed by atoms with Crippen molar-refractivity contribution in [2.24, 2.45) is 0 Å². The molecule has 0 aliphatic carbocycles. The molecule has 0 aliphatic rings. The number of nitrogens with one attached hydrogen (secondary N) is 1. The van der Waals surface area contributed by atoms with Crippen molar-refractivity contribution in [1.82, 2.24) is 15.1 Å². The zero-order chi connectivity index (χ0) is 12.8. The third kappa shape index (κ3) is 3.68. The zero-order valence-electron chi connectivity index (χ0n) is 10.6. The van der Waals surface area contributed by atoms with Crippen molar-refractivity contribution in [2.45, 2.75) is 26.4 Å². The Kier molecular flexibility index (Phi) is 4.96. The van der Waals surface area contributed by atoms with Crippen LogP contribution in [0.1, 0.15) is 24.5 Å². The van der Waals surface area contributed by atoms with Crippen LogP contribution < -0.4 is 5.32 Å². The Morgan fingerprint density at radius 1 is 1.28 bits per heavy atom. The van der Waals surface area contributed by atoms with Crippen LogP contribution in [0.15, 0.2) is 41.1 Å². The van der Waals surface area contributed by atoms with Gasteiger partial charge in [-0.2, -0.15) is 5.10 Å². The van der Waals surface area contributed by atoms with E-state index in [1.165, 1.54) is 11.1 Å². The van der Waals surface area contributed by atoms with Crippen molar-refractivity contribution in [3.63, 3.8) is 0 Å². The second kappa shape index (κ2) is 6.71. The Bertz CT molecular complexity index is 493. The van der Waals surface area contributed by atoms with E-state index in [0.29, 0.717) is 0 Å². The zero-order valence-corrected chi connectivity index (χ0v) is 12.2. The normalized spacial score (nSPS) is 10.8. The lowest BCUT2D eigenvalue weighted by Gasteiger charge is -2.10. The van der Waals surface area contributed by atoms with E-state index in [-0.39, 0.29) is 0 Å². The Morgan fingerprint density at radius 3 is 2.72 bits per heavy atom. The van der Waals surface area contributed by atoms with Gasteiger partial charge in [0.25, 0.3) is 0 Å². The first-order valence-electron chi connectivity index (χ1n) is 6.25. The van der Waals surface area contributed by atoms with Crippen LogP contribution in [0.5, 0.6) is 0 Å². The van der Waals surface area contributed by atoms with Crippen LogP contribution in [0.25, 0.3) is 0 Å². The van der Waals surface area contributed by atoms with E-state index in [2.05, 4.69) is 57.5 Å². The molecular formula is C14H18BrN3. The minimum absolute atomic E-state index is 0.815. The number of nitrogens with zero attached hydrogens (tertiary/aromatic N) is 2. The molecule has 1 aromatic heterocycles. The Hall–Kier alpha value is -1.13. The summed E-state index contributed by atoms with van der Waals surface area (Å²) < 4.78 is 2.96. The van der Waals surface area contributed by atoms with E-state index in [1.54, 1.807) is 0 Å². The molecular weight excluding hydrogens is 290 g/mol. The van der Waals surface area contributed by atoms with E-state index in [4.69, 9.17) is 0 Å². The lowest BCUT2D eigenvalue weighted by atomic mass is 10.1. The summed E-state index contributed by atoms with van der Waals surface area (Å²) in [5, 5.41) is 7.74. The predicted octanol–water partition coefficient (Wildman–Crippen LogP) is 3.19. The maximum absolute atomic E-state index is 4.30. The number of halogens is 1. The third-order valence-corrected chi connectivity index (χ3v) is 3.20. The van der Waals surface area contributed by atoms with Crippen molar-refractivity contribution in [2.75, 3.05) is 6.54 Å². The van der Waals surface area contributed by atoms with E-state index in [1.807, 2.05) is 17.1 Å². The van der Waals surface area contributed by atoms with E-state index < -0.39 is 0 Å². The summed E-state index contributed by atoms with van der Waals surface area (Å²) >= 11 is 3.42. The Labute approximate surface area is 116 Å². The quantitative estimate of drug-likeness (QED) is 0.831. The molecule has 1 heterocycles.